The van der Waals surface area contributed by atoms with E-state index in [2.05, 4.69) is 31.2 Å². The highest BCUT2D eigenvalue weighted by Gasteiger charge is 2.19. The fourth-order valence-electron chi connectivity index (χ4n) is 2.17. The predicted molar refractivity (Wildman–Crippen MR) is 75.6 cm³/mol. The van der Waals surface area contributed by atoms with E-state index in [1.165, 1.54) is 31.2 Å². The van der Waals surface area contributed by atoms with Crippen LogP contribution in [0.5, 0.6) is 0 Å². The summed E-state index contributed by atoms with van der Waals surface area (Å²) in [6.45, 7) is 2.17. The van der Waals surface area contributed by atoms with E-state index in [1.807, 2.05) is 11.8 Å². The molecule has 1 aromatic carbocycles. The molecular weight excluding hydrogens is 228 g/mol. The number of aliphatic hydroxyl groups is 1. The normalized spacial score (nSPS) is 17.8. The van der Waals surface area contributed by atoms with E-state index in [-0.39, 0.29) is 6.10 Å². The Hall–Kier alpha value is -0.470. The molecule has 0 amide bonds. The molecule has 1 fully saturated rings. The lowest BCUT2D eigenvalue weighted by Crippen LogP contribution is -2.09. The molecule has 0 aliphatic heterocycles. The van der Waals surface area contributed by atoms with Crippen LogP contribution in [0.2, 0.25) is 0 Å². The summed E-state index contributed by atoms with van der Waals surface area (Å²) in [7, 11) is 0. The highest BCUT2D eigenvalue weighted by atomic mass is 32.2. The lowest BCUT2D eigenvalue weighted by Gasteiger charge is -2.26. The van der Waals surface area contributed by atoms with E-state index < -0.39 is 0 Å². The maximum atomic E-state index is 10.0. The highest BCUT2D eigenvalue weighted by Crippen LogP contribution is 2.36. The lowest BCUT2D eigenvalue weighted by atomic mass is 9.80. The average molecular weight is 250 g/mol. The third-order valence-electron chi connectivity index (χ3n) is 3.52. The van der Waals surface area contributed by atoms with Crippen LogP contribution in [-0.2, 0) is 0 Å². The first kappa shape index (κ1) is 13.0. The Labute approximate surface area is 109 Å². The van der Waals surface area contributed by atoms with Gasteiger partial charge in [0.15, 0.2) is 0 Å². The van der Waals surface area contributed by atoms with Crippen molar-refractivity contribution in [2.45, 2.75) is 44.6 Å². The molecule has 1 aliphatic carbocycles. The van der Waals surface area contributed by atoms with E-state index in [4.69, 9.17) is 0 Å². The van der Waals surface area contributed by atoms with Crippen molar-refractivity contribution in [2.75, 3.05) is 11.5 Å². The van der Waals surface area contributed by atoms with Gasteiger partial charge in [-0.3, -0.25) is 0 Å². The van der Waals surface area contributed by atoms with Crippen LogP contribution in [0.4, 0.5) is 0 Å². The van der Waals surface area contributed by atoms with Gasteiger partial charge in [0.2, 0.25) is 0 Å². The standard InChI is InChI=1S/C15H22OS/c1-2-10-17-11-15(16)14-8-6-13(7-9-14)12-4-3-5-12/h6-9,12,15-16H,2-5,10-11H2,1H3. The molecule has 1 saturated carbocycles. The molecule has 94 valence electrons. The Morgan fingerprint density at radius 1 is 1.29 bits per heavy atom. The molecule has 17 heavy (non-hydrogen) atoms. The van der Waals surface area contributed by atoms with Crippen LogP contribution >= 0.6 is 11.8 Å². The summed E-state index contributed by atoms with van der Waals surface area (Å²) in [6.07, 6.45) is 4.94. The van der Waals surface area contributed by atoms with Crippen molar-refractivity contribution in [2.24, 2.45) is 0 Å². The largest absolute Gasteiger partial charge is 0.388 e. The zero-order valence-corrected chi connectivity index (χ0v) is 11.4. The average Bonchev–Trinajstić information content (AvgIpc) is 2.28. The maximum Gasteiger partial charge on any atom is 0.0880 e. The molecule has 0 heterocycles. The topological polar surface area (TPSA) is 20.2 Å². The summed E-state index contributed by atoms with van der Waals surface area (Å²) in [5.74, 6) is 2.74. The molecular formula is C15H22OS. The van der Waals surface area contributed by atoms with Crippen LogP contribution < -0.4 is 0 Å². The van der Waals surface area contributed by atoms with Gasteiger partial charge in [-0.15, -0.1) is 0 Å². The van der Waals surface area contributed by atoms with Gasteiger partial charge in [-0.05, 0) is 42.1 Å². The van der Waals surface area contributed by atoms with Crippen molar-refractivity contribution < 1.29 is 5.11 Å². The Morgan fingerprint density at radius 3 is 2.53 bits per heavy atom. The van der Waals surface area contributed by atoms with E-state index in [1.54, 1.807) is 0 Å². The SMILES string of the molecule is CCCSCC(O)c1ccc(C2CCC2)cc1. The Morgan fingerprint density at radius 2 is 2.00 bits per heavy atom. The molecule has 1 aromatic rings. The minimum absolute atomic E-state index is 0.304. The Kier molecular flexibility index (Phi) is 4.93. The van der Waals surface area contributed by atoms with Gasteiger partial charge in [0.25, 0.3) is 0 Å². The fraction of sp³-hybridized carbons (Fsp3) is 0.600. The number of rotatable bonds is 6. The van der Waals surface area contributed by atoms with Crippen molar-refractivity contribution in [3.8, 4) is 0 Å². The summed E-state index contributed by atoms with van der Waals surface area (Å²) in [5.41, 5.74) is 2.52. The minimum atomic E-state index is -0.304. The molecule has 0 bridgehead atoms. The van der Waals surface area contributed by atoms with E-state index in [0.29, 0.717) is 0 Å². The van der Waals surface area contributed by atoms with Crippen LogP contribution in [0.1, 0.15) is 55.8 Å². The molecule has 0 aromatic heterocycles. The smallest absolute Gasteiger partial charge is 0.0880 e. The van der Waals surface area contributed by atoms with Crippen LogP contribution in [0.15, 0.2) is 24.3 Å². The highest BCUT2D eigenvalue weighted by molar-refractivity contribution is 7.99. The first-order valence-electron chi connectivity index (χ1n) is 6.67. The summed E-state index contributed by atoms with van der Waals surface area (Å²) in [4.78, 5) is 0. The van der Waals surface area contributed by atoms with Gasteiger partial charge in [-0.1, -0.05) is 37.6 Å². The van der Waals surface area contributed by atoms with Crippen molar-refractivity contribution in [3.05, 3.63) is 35.4 Å². The molecule has 1 unspecified atom stereocenters. The molecule has 1 nitrogen and oxygen atoms in total. The first-order chi connectivity index (χ1) is 8.31. The first-order valence-corrected chi connectivity index (χ1v) is 7.82. The minimum Gasteiger partial charge on any atom is -0.388 e. The molecule has 1 aliphatic rings. The van der Waals surface area contributed by atoms with E-state index >= 15 is 0 Å². The van der Waals surface area contributed by atoms with Crippen molar-refractivity contribution in [1.29, 1.82) is 0 Å². The molecule has 1 N–H and O–H groups in total. The van der Waals surface area contributed by atoms with Crippen LogP contribution in [0, 0.1) is 0 Å². The van der Waals surface area contributed by atoms with Crippen LogP contribution in [-0.4, -0.2) is 16.6 Å². The summed E-state index contributed by atoms with van der Waals surface area (Å²) >= 11 is 1.83. The third-order valence-corrected chi connectivity index (χ3v) is 4.77. The number of benzene rings is 1. The molecule has 0 spiro atoms. The fourth-order valence-corrected chi connectivity index (χ4v) is 3.04. The number of thioether (sulfide) groups is 1. The molecule has 2 heteroatoms. The Bertz CT molecular complexity index is 329. The van der Waals surface area contributed by atoms with E-state index in [9.17, 15) is 5.11 Å². The number of hydrogen-bond acceptors (Lipinski definition) is 2. The van der Waals surface area contributed by atoms with Crippen LogP contribution in [0.3, 0.4) is 0 Å². The van der Waals surface area contributed by atoms with Gasteiger partial charge in [0.1, 0.15) is 0 Å². The van der Waals surface area contributed by atoms with Gasteiger partial charge in [0.05, 0.1) is 6.10 Å². The van der Waals surface area contributed by atoms with Gasteiger partial charge in [0, 0.05) is 5.75 Å². The zero-order valence-electron chi connectivity index (χ0n) is 10.6. The van der Waals surface area contributed by atoms with Crippen LogP contribution in [0.25, 0.3) is 0 Å². The maximum absolute atomic E-state index is 10.0. The second kappa shape index (κ2) is 6.46. The summed E-state index contributed by atoms with van der Waals surface area (Å²) in [5, 5.41) is 10.0. The molecule has 0 radical (unpaired) electrons. The molecule has 0 saturated heterocycles. The lowest BCUT2D eigenvalue weighted by molar-refractivity contribution is 0.204. The summed E-state index contributed by atoms with van der Waals surface area (Å²) < 4.78 is 0. The second-order valence-corrected chi connectivity index (χ2v) is 6.04. The monoisotopic (exact) mass is 250 g/mol. The van der Waals surface area contributed by atoms with Gasteiger partial charge in [-0.2, -0.15) is 11.8 Å². The summed E-state index contributed by atoms with van der Waals surface area (Å²) in [6, 6.07) is 8.61. The second-order valence-electron chi connectivity index (χ2n) is 4.89. The molecule has 1 atom stereocenters. The quantitative estimate of drug-likeness (QED) is 0.766. The third kappa shape index (κ3) is 3.49. The van der Waals surface area contributed by atoms with Crippen molar-refractivity contribution in [1.82, 2.24) is 0 Å². The number of aliphatic hydroxyl groups excluding tert-OH is 1. The van der Waals surface area contributed by atoms with Gasteiger partial charge in [-0.25, -0.2) is 0 Å². The zero-order chi connectivity index (χ0) is 12.1. The van der Waals surface area contributed by atoms with E-state index in [0.717, 1.165) is 23.0 Å². The predicted octanol–water partition coefficient (Wildman–Crippen LogP) is 4.13. The molecule has 2 rings (SSSR count). The number of hydrogen-bond donors (Lipinski definition) is 1. The van der Waals surface area contributed by atoms with Gasteiger partial charge < -0.3 is 5.11 Å². The van der Waals surface area contributed by atoms with Crippen molar-refractivity contribution >= 4 is 11.8 Å². The van der Waals surface area contributed by atoms with Crippen molar-refractivity contribution in [3.63, 3.8) is 0 Å². The Balaban J connectivity index is 1.87. The van der Waals surface area contributed by atoms with Gasteiger partial charge >= 0.3 is 0 Å².